The van der Waals surface area contributed by atoms with Crippen LogP contribution in [-0.4, -0.2) is 59.0 Å². The quantitative estimate of drug-likeness (QED) is 0.882. The predicted molar refractivity (Wildman–Crippen MR) is 74.1 cm³/mol. The molecule has 0 aromatic carbocycles. The number of imidazole rings is 1. The zero-order valence-corrected chi connectivity index (χ0v) is 11.6. The number of carbonyl (C=O) groups excluding carboxylic acids is 1. The van der Waals surface area contributed by atoms with Gasteiger partial charge in [0.1, 0.15) is 5.65 Å². The van der Waals surface area contributed by atoms with Crippen molar-refractivity contribution < 1.29 is 14.7 Å². The maximum atomic E-state index is 11.7. The van der Waals surface area contributed by atoms with E-state index in [0.717, 1.165) is 0 Å². The van der Waals surface area contributed by atoms with Crippen LogP contribution in [0.15, 0.2) is 24.4 Å². The molecule has 2 rings (SSSR count). The highest BCUT2D eigenvalue weighted by Gasteiger charge is 2.22. The number of amides is 1. The summed E-state index contributed by atoms with van der Waals surface area (Å²) in [5.74, 6) is -0.928. The summed E-state index contributed by atoms with van der Waals surface area (Å²) in [6, 6.07) is 5.23. The zero-order valence-electron chi connectivity index (χ0n) is 11.6. The van der Waals surface area contributed by atoms with E-state index in [1.54, 1.807) is 50.4 Å². The molecule has 1 N–H and O–H groups in total. The molecule has 0 saturated heterocycles. The highest BCUT2D eigenvalue weighted by molar-refractivity contribution is 5.94. The van der Waals surface area contributed by atoms with Gasteiger partial charge >= 0.3 is 5.97 Å². The Bertz CT molecular complexity index is 663. The summed E-state index contributed by atoms with van der Waals surface area (Å²) < 4.78 is 1.49. The molecule has 2 aromatic heterocycles. The van der Waals surface area contributed by atoms with E-state index in [4.69, 9.17) is 0 Å². The minimum absolute atomic E-state index is 0.0506. The highest BCUT2D eigenvalue weighted by Crippen LogP contribution is 2.20. The third-order valence-electron chi connectivity index (χ3n) is 2.95. The first kappa shape index (κ1) is 13.9. The van der Waals surface area contributed by atoms with E-state index >= 15 is 0 Å². The molecule has 0 bridgehead atoms. The number of aromatic nitrogens is 2. The smallest absolute Gasteiger partial charge is 0.356 e. The van der Waals surface area contributed by atoms with Gasteiger partial charge in [-0.15, -0.1) is 0 Å². The van der Waals surface area contributed by atoms with Gasteiger partial charge < -0.3 is 14.9 Å². The second kappa shape index (κ2) is 5.20. The van der Waals surface area contributed by atoms with Crippen molar-refractivity contribution in [3.63, 3.8) is 0 Å². The maximum Gasteiger partial charge on any atom is 0.356 e. The minimum atomic E-state index is -1.08. The summed E-state index contributed by atoms with van der Waals surface area (Å²) in [5, 5.41) is 9.36. The average molecular weight is 276 g/mol. The summed E-state index contributed by atoms with van der Waals surface area (Å²) in [7, 11) is 4.95. The molecule has 0 saturated carbocycles. The monoisotopic (exact) mass is 276 g/mol. The largest absolute Gasteiger partial charge is 0.476 e. The number of carbonyl (C=O) groups is 2. The van der Waals surface area contributed by atoms with Crippen molar-refractivity contribution in [2.75, 3.05) is 32.6 Å². The normalized spacial score (nSPS) is 10.6. The number of fused-ring (bicyclic) bond motifs is 1. The summed E-state index contributed by atoms with van der Waals surface area (Å²) in [6.07, 6.45) is 1.64. The summed E-state index contributed by atoms with van der Waals surface area (Å²) >= 11 is 0. The fourth-order valence-electron chi connectivity index (χ4n) is 1.87. The zero-order chi connectivity index (χ0) is 14.9. The van der Waals surface area contributed by atoms with Crippen molar-refractivity contribution in [3.8, 4) is 0 Å². The van der Waals surface area contributed by atoms with Gasteiger partial charge in [0.15, 0.2) is 11.5 Å². The van der Waals surface area contributed by atoms with Gasteiger partial charge in [-0.1, -0.05) is 6.07 Å². The van der Waals surface area contributed by atoms with Crippen molar-refractivity contribution in [1.29, 1.82) is 0 Å². The van der Waals surface area contributed by atoms with E-state index in [1.807, 2.05) is 0 Å². The molecule has 2 heterocycles. The summed E-state index contributed by atoms with van der Waals surface area (Å²) in [4.78, 5) is 30.4. The van der Waals surface area contributed by atoms with Gasteiger partial charge in [-0.05, 0) is 12.1 Å². The molecule has 0 spiro atoms. The van der Waals surface area contributed by atoms with E-state index in [0.29, 0.717) is 5.65 Å². The number of hydrogen-bond donors (Lipinski definition) is 1. The van der Waals surface area contributed by atoms with Gasteiger partial charge in [0.05, 0.1) is 6.54 Å². The number of rotatable bonds is 4. The Balaban J connectivity index is 2.45. The van der Waals surface area contributed by atoms with Crippen LogP contribution < -0.4 is 4.90 Å². The van der Waals surface area contributed by atoms with Crippen LogP contribution in [0.1, 0.15) is 10.5 Å². The van der Waals surface area contributed by atoms with Gasteiger partial charge in [0.25, 0.3) is 0 Å². The van der Waals surface area contributed by atoms with Crippen LogP contribution in [0.5, 0.6) is 0 Å². The first-order chi connectivity index (χ1) is 9.41. The number of carboxylic acid groups (broad SMARTS) is 1. The van der Waals surface area contributed by atoms with E-state index in [2.05, 4.69) is 4.98 Å². The standard InChI is InChI=1S/C13H16N4O3/c1-15(2)10(18)8-16(3)12-11(13(19)20)17-7-5-4-6-9(17)14-12/h4-7H,8H2,1-3H3,(H,19,20). The number of carboxylic acids is 1. The van der Waals surface area contributed by atoms with Gasteiger partial charge in [-0.25, -0.2) is 9.78 Å². The van der Waals surface area contributed by atoms with Crippen LogP contribution in [0, 0.1) is 0 Å². The molecule has 0 atom stereocenters. The SMILES string of the molecule is CN(C)C(=O)CN(C)c1nc2ccccn2c1C(=O)O. The topological polar surface area (TPSA) is 78.2 Å². The number of likely N-dealkylation sites (N-methyl/N-ethyl adjacent to an activating group) is 2. The molecule has 0 unspecified atom stereocenters. The molecule has 20 heavy (non-hydrogen) atoms. The Hall–Kier alpha value is -2.57. The molecule has 7 nitrogen and oxygen atoms in total. The van der Waals surface area contributed by atoms with E-state index in [-0.39, 0.29) is 24.0 Å². The first-order valence-corrected chi connectivity index (χ1v) is 6.03. The number of nitrogens with zero attached hydrogens (tertiary/aromatic N) is 4. The van der Waals surface area contributed by atoms with Crippen molar-refractivity contribution in [2.45, 2.75) is 0 Å². The predicted octanol–water partition coefficient (Wildman–Crippen LogP) is 0.557. The van der Waals surface area contributed by atoms with Crippen LogP contribution in [0.4, 0.5) is 5.82 Å². The molecular weight excluding hydrogens is 260 g/mol. The second-order valence-electron chi connectivity index (χ2n) is 4.66. The fourth-order valence-corrected chi connectivity index (χ4v) is 1.87. The average Bonchev–Trinajstić information content (AvgIpc) is 2.77. The lowest BCUT2D eigenvalue weighted by atomic mass is 10.3. The molecule has 0 aliphatic rings. The lowest BCUT2D eigenvalue weighted by molar-refractivity contribution is -0.127. The van der Waals surface area contributed by atoms with E-state index in [9.17, 15) is 14.7 Å². The Morgan fingerprint density at radius 1 is 1.30 bits per heavy atom. The van der Waals surface area contributed by atoms with Crippen LogP contribution in [0.25, 0.3) is 5.65 Å². The number of pyridine rings is 1. The lowest BCUT2D eigenvalue weighted by Crippen LogP contribution is -2.35. The molecule has 7 heteroatoms. The Kier molecular flexibility index (Phi) is 3.60. The van der Waals surface area contributed by atoms with E-state index < -0.39 is 5.97 Å². The molecule has 106 valence electrons. The molecule has 0 aliphatic heterocycles. The van der Waals surface area contributed by atoms with Gasteiger partial charge in [0.2, 0.25) is 5.91 Å². The molecule has 2 aromatic rings. The van der Waals surface area contributed by atoms with Crippen molar-refractivity contribution in [2.24, 2.45) is 0 Å². The van der Waals surface area contributed by atoms with Crippen molar-refractivity contribution in [1.82, 2.24) is 14.3 Å². The van der Waals surface area contributed by atoms with Gasteiger partial charge in [0, 0.05) is 27.3 Å². The molecule has 0 fully saturated rings. The second-order valence-corrected chi connectivity index (χ2v) is 4.66. The van der Waals surface area contributed by atoms with E-state index in [1.165, 1.54) is 9.30 Å². The molecule has 0 radical (unpaired) electrons. The van der Waals surface area contributed by atoms with Crippen LogP contribution in [-0.2, 0) is 4.79 Å². The van der Waals surface area contributed by atoms with Crippen LogP contribution >= 0.6 is 0 Å². The van der Waals surface area contributed by atoms with Crippen molar-refractivity contribution in [3.05, 3.63) is 30.1 Å². The Morgan fingerprint density at radius 2 is 2.00 bits per heavy atom. The minimum Gasteiger partial charge on any atom is -0.476 e. The number of hydrogen-bond acceptors (Lipinski definition) is 4. The highest BCUT2D eigenvalue weighted by atomic mass is 16.4. The van der Waals surface area contributed by atoms with Crippen LogP contribution in [0.2, 0.25) is 0 Å². The van der Waals surface area contributed by atoms with Gasteiger partial charge in [-0.3, -0.25) is 9.20 Å². The first-order valence-electron chi connectivity index (χ1n) is 6.03. The number of anilines is 1. The van der Waals surface area contributed by atoms with Gasteiger partial charge in [-0.2, -0.15) is 0 Å². The Labute approximate surface area is 116 Å². The Morgan fingerprint density at radius 3 is 2.60 bits per heavy atom. The maximum absolute atomic E-state index is 11.7. The summed E-state index contributed by atoms with van der Waals surface area (Å²) in [5.41, 5.74) is 0.582. The van der Waals surface area contributed by atoms with Crippen LogP contribution in [0.3, 0.4) is 0 Å². The number of aromatic carboxylic acids is 1. The summed E-state index contributed by atoms with van der Waals surface area (Å²) in [6.45, 7) is 0.0666. The van der Waals surface area contributed by atoms with Crippen molar-refractivity contribution >= 4 is 23.3 Å². The lowest BCUT2D eigenvalue weighted by Gasteiger charge is -2.19. The molecule has 1 amide bonds. The third kappa shape index (κ3) is 2.42. The fraction of sp³-hybridized carbons (Fsp3) is 0.308. The third-order valence-corrected chi connectivity index (χ3v) is 2.95. The molecular formula is C13H16N4O3. The molecule has 0 aliphatic carbocycles.